The Kier molecular flexibility index (Phi) is 2.50. The first-order valence-electron chi connectivity index (χ1n) is 3.29. The molecule has 1 aromatic heterocycles. The fourth-order valence-electron chi connectivity index (χ4n) is 0.686. The van der Waals surface area contributed by atoms with Crippen molar-refractivity contribution in [2.75, 3.05) is 19.0 Å². The van der Waals surface area contributed by atoms with Crippen LogP contribution in [-0.2, 0) is 6.42 Å². The smallest absolute Gasteiger partial charge is 0.185 e. The molecule has 0 aliphatic rings. The van der Waals surface area contributed by atoms with Crippen LogP contribution < -0.4 is 4.90 Å². The molecule has 0 aromatic carbocycles. The summed E-state index contributed by atoms with van der Waals surface area (Å²) in [5, 5.41) is 1.01. The lowest BCUT2D eigenvalue weighted by molar-refractivity contribution is 1.10. The molecule has 3 heteroatoms. The Morgan fingerprint density at radius 1 is 1.73 bits per heavy atom. The summed E-state index contributed by atoms with van der Waals surface area (Å²) >= 11 is 1.64. The highest BCUT2D eigenvalue weighted by Gasteiger charge is 2.00. The van der Waals surface area contributed by atoms with E-state index >= 15 is 0 Å². The summed E-state index contributed by atoms with van der Waals surface area (Å²) in [6.45, 7) is 0. The number of hydrogen-bond donors (Lipinski definition) is 0. The van der Waals surface area contributed by atoms with Crippen molar-refractivity contribution in [2.45, 2.75) is 6.42 Å². The number of hydrogen-bond acceptors (Lipinski definition) is 3. The second-order valence-corrected chi connectivity index (χ2v) is 3.48. The SMILES string of the molecule is C#CCc1cnc(N(C)C)s1. The van der Waals surface area contributed by atoms with E-state index < -0.39 is 0 Å². The van der Waals surface area contributed by atoms with Gasteiger partial charge in [-0.2, -0.15) is 0 Å². The van der Waals surface area contributed by atoms with Crippen LogP contribution in [0, 0.1) is 12.3 Å². The molecule has 0 fully saturated rings. The van der Waals surface area contributed by atoms with Crippen LogP contribution in [0.5, 0.6) is 0 Å². The maximum absolute atomic E-state index is 5.16. The molecule has 0 saturated carbocycles. The van der Waals surface area contributed by atoms with E-state index in [-0.39, 0.29) is 0 Å². The summed E-state index contributed by atoms with van der Waals surface area (Å²) in [7, 11) is 3.94. The topological polar surface area (TPSA) is 16.1 Å². The van der Waals surface area contributed by atoms with Crippen molar-refractivity contribution in [1.29, 1.82) is 0 Å². The molecule has 0 amide bonds. The van der Waals surface area contributed by atoms with Gasteiger partial charge in [0.15, 0.2) is 5.13 Å². The third kappa shape index (κ3) is 1.95. The van der Waals surface area contributed by atoms with E-state index in [1.807, 2.05) is 25.2 Å². The first kappa shape index (κ1) is 8.09. The van der Waals surface area contributed by atoms with Crippen molar-refractivity contribution in [3.63, 3.8) is 0 Å². The monoisotopic (exact) mass is 166 g/mol. The third-order valence-electron chi connectivity index (χ3n) is 1.20. The molecular formula is C8H10N2S. The van der Waals surface area contributed by atoms with Gasteiger partial charge in [0.25, 0.3) is 0 Å². The normalized spacial score (nSPS) is 9.18. The molecule has 0 N–H and O–H groups in total. The zero-order valence-electron chi connectivity index (χ0n) is 6.66. The van der Waals surface area contributed by atoms with Crippen LogP contribution in [0.2, 0.25) is 0 Å². The predicted octanol–water partition coefficient (Wildman–Crippen LogP) is 1.38. The first-order chi connectivity index (χ1) is 5.24. The molecule has 0 aliphatic carbocycles. The Morgan fingerprint density at radius 2 is 2.45 bits per heavy atom. The molecule has 0 unspecified atom stereocenters. The minimum atomic E-state index is 0.686. The van der Waals surface area contributed by atoms with Crippen LogP contribution in [0.1, 0.15) is 4.88 Å². The summed E-state index contributed by atoms with van der Waals surface area (Å²) in [4.78, 5) is 7.31. The van der Waals surface area contributed by atoms with Gasteiger partial charge in [-0.1, -0.05) is 0 Å². The summed E-state index contributed by atoms with van der Waals surface area (Å²) in [6, 6.07) is 0. The predicted molar refractivity (Wildman–Crippen MR) is 49.0 cm³/mol. The minimum absolute atomic E-state index is 0.686. The van der Waals surface area contributed by atoms with Gasteiger partial charge in [-0.15, -0.1) is 23.7 Å². The number of anilines is 1. The number of aromatic nitrogens is 1. The summed E-state index contributed by atoms with van der Waals surface area (Å²) in [5.74, 6) is 2.59. The molecule has 0 aliphatic heterocycles. The molecular weight excluding hydrogens is 156 g/mol. The van der Waals surface area contributed by atoms with Gasteiger partial charge in [0.2, 0.25) is 0 Å². The van der Waals surface area contributed by atoms with Crippen LogP contribution in [-0.4, -0.2) is 19.1 Å². The van der Waals surface area contributed by atoms with Crippen LogP contribution in [0.4, 0.5) is 5.13 Å². The van der Waals surface area contributed by atoms with Gasteiger partial charge in [0, 0.05) is 31.6 Å². The van der Waals surface area contributed by atoms with E-state index in [1.54, 1.807) is 11.3 Å². The molecule has 0 atom stereocenters. The van der Waals surface area contributed by atoms with Gasteiger partial charge in [0.05, 0.1) is 0 Å². The van der Waals surface area contributed by atoms with E-state index in [9.17, 15) is 0 Å². The van der Waals surface area contributed by atoms with Crippen LogP contribution >= 0.6 is 11.3 Å². The van der Waals surface area contributed by atoms with E-state index in [0.717, 1.165) is 10.0 Å². The lowest BCUT2D eigenvalue weighted by Gasteiger charge is -2.04. The third-order valence-corrected chi connectivity index (χ3v) is 2.37. The zero-order valence-corrected chi connectivity index (χ0v) is 7.48. The van der Waals surface area contributed by atoms with Crippen molar-refractivity contribution < 1.29 is 0 Å². The minimum Gasteiger partial charge on any atom is -0.354 e. The fourth-order valence-corrected chi connectivity index (χ4v) is 1.47. The molecule has 1 aromatic rings. The van der Waals surface area contributed by atoms with E-state index in [4.69, 9.17) is 6.42 Å². The summed E-state index contributed by atoms with van der Waals surface area (Å²) in [5.41, 5.74) is 0. The van der Waals surface area contributed by atoms with Crippen LogP contribution in [0.15, 0.2) is 6.20 Å². The molecule has 1 heterocycles. The second kappa shape index (κ2) is 3.40. The number of terminal acetylenes is 1. The van der Waals surface area contributed by atoms with Crippen molar-refractivity contribution in [3.8, 4) is 12.3 Å². The quantitative estimate of drug-likeness (QED) is 0.617. The Bertz CT molecular complexity index is 270. The van der Waals surface area contributed by atoms with Gasteiger partial charge < -0.3 is 4.90 Å². The van der Waals surface area contributed by atoms with Gasteiger partial charge >= 0.3 is 0 Å². The molecule has 0 radical (unpaired) electrons. The summed E-state index contributed by atoms with van der Waals surface area (Å²) < 4.78 is 0. The molecule has 2 nitrogen and oxygen atoms in total. The number of nitrogens with zero attached hydrogens (tertiary/aromatic N) is 2. The van der Waals surface area contributed by atoms with E-state index in [2.05, 4.69) is 10.9 Å². The van der Waals surface area contributed by atoms with Crippen molar-refractivity contribution in [1.82, 2.24) is 4.98 Å². The van der Waals surface area contributed by atoms with Gasteiger partial charge in [-0.25, -0.2) is 4.98 Å². The molecule has 1 rings (SSSR count). The maximum atomic E-state index is 5.16. The lowest BCUT2D eigenvalue weighted by Crippen LogP contribution is -2.07. The average molecular weight is 166 g/mol. The van der Waals surface area contributed by atoms with Crippen molar-refractivity contribution in [3.05, 3.63) is 11.1 Å². The van der Waals surface area contributed by atoms with Gasteiger partial charge in [0.1, 0.15) is 0 Å². The average Bonchev–Trinajstić information content (AvgIpc) is 2.37. The highest BCUT2D eigenvalue weighted by Crippen LogP contribution is 2.20. The highest BCUT2D eigenvalue weighted by atomic mass is 32.1. The molecule has 0 bridgehead atoms. The molecule has 11 heavy (non-hydrogen) atoms. The van der Waals surface area contributed by atoms with Gasteiger partial charge in [-0.3, -0.25) is 0 Å². The van der Waals surface area contributed by atoms with Crippen molar-refractivity contribution in [2.24, 2.45) is 0 Å². The first-order valence-corrected chi connectivity index (χ1v) is 4.11. The molecule has 58 valence electrons. The Morgan fingerprint density at radius 3 is 2.91 bits per heavy atom. The van der Waals surface area contributed by atoms with Gasteiger partial charge in [-0.05, 0) is 0 Å². The second-order valence-electron chi connectivity index (χ2n) is 2.38. The maximum Gasteiger partial charge on any atom is 0.185 e. The van der Waals surface area contributed by atoms with Crippen LogP contribution in [0.3, 0.4) is 0 Å². The molecule has 0 saturated heterocycles. The Hall–Kier alpha value is -1.01. The van der Waals surface area contributed by atoms with E-state index in [1.165, 1.54) is 0 Å². The fraction of sp³-hybridized carbons (Fsp3) is 0.375. The highest BCUT2D eigenvalue weighted by molar-refractivity contribution is 7.15. The standard InChI is InChI=1S/C8H10N2S/c1-4-5-7-6-9-8(11-7)10(2)3/h1,6H,5H2,2-3H3. The zero-order chi connectivity index (χ0) is 8.27. The Labute approximate surface area is 70.9 Å². The van der Waals surface area contributed by atoms with E-state index in [0.29, 0.717) is 6.42 Å². The van der Waals surface area contributed by atoms with Crippen LogP contribution in [0.25, 0.3) is 0 Å². The number of rotatable bonds is 2. The van der Waals surface area contributed by atoms with Crippen molar-refractivity contribution >= 4 is 16.5 Å². The Balaban J connectivity index is 2.75. The number of thiazole rings is 1. The lowest BCUT2D eigenvalue weighted by atomic mass is 10.4. The largest absolute Gasteiger partial charge is 0.354 e. The summed E-state index contributed by atoms with van der Waals surface area (Å²) in [6.07, 6.45) is 7.68. The molecule has 0 spiro atoms.